The normalized spacial score (nSPS) is 10.3. The summed E-state index contributed by atoms with van der Waals surface area (Å²) in [5.41, 5.74) is 0. The SMILES string of the molecule is CNc1nc(Sc2ncccc2Cl)nc(N(C)C)n1. The number of nitrogens with zero attached hydrogens (tertiary/aromatic N) is 5. The van der Waals surface area contributed by atoms with Crippen LogP contribution < -0.4 is 10.2 Å². The summed E-state index contributed by atoms with van der Waals surface area (Å²) in [6.45, 7) is 0. The third-order valence-electron chi connectivity index (χ3n) is 2.14. The second-order valence-electron chi connectivity index (χ2n) is 3.78. The van der Waals surface area contributed by atoms with E-state index >= 15 is 0 Å². The first kappa shape index (κ1) is 13.8. The maximum Gasteiger partial charge on any atom is 0.230 e. The van der Waals surface area contributed by atoms with Gasteiger partial charge < -0.3 is 10.2 Å². The van der Waals surface area contributed by atoms with Gasteiger partial charge in [0, 0.05) is 27.3 Å². The van der Waals surface area contributed by atoms with Gasteiger partial charge in [0.2, 0.25) is 17.1 Å². The van der Waals surface area contributed by atoms with E-state index in [2.05, 4.69) is 25.3 Å². The Balaban J connectivity index is 2.34. The molecule has 6 nitrogen and oxygen atoms in total. The Kier molecular flexibility index (Phi) is 4.39. The Bertz CT molecular complexity index is 577. The fourth-order valence-electron chi connectivity index (χ4n) is 1.24. The van der Waals surface area contributed by atoms with Crippen molar-refractivity contribution in [3.05, 3.63) is 23.4 Å². The van der Waals surface area contributed by atoms with Gasteiger partial charge >= 0.3 is 0 Å². The van der Waals surface area contributed by atoms with Crippen LogP contribution in [0.5, 0.6) is 0 Å². The minimum Gasteiger partial charge on any atom is -0.357 e. The molecular weight excluding hydrogens is 284 g/mol. The Labute approximate surface area is 120 Å². The maximum absolute atomic E-state index is 6.07. The van der Waals surface area contributed by atoms with E-state index in [1.165, 1.54) is 11.8 Å². The highest BCUT2D eigenvalue weighted by atomic mass is 35.5. The molecule has 19 heavy (non-hydrogen) atoms. The summed E-state index contributed by atoms with van der Waals surface area (Å²) in [5.74, 6) is 1.09. The van der Waals surface area contributed by atoms with Crippen molar-refractivity contribution >= 4 is 35.3 Å². The lowest BCUT2D eigenvalue weighted by Crippen LogP contribution is -2.15. The van der Waals surface area contributed by atoms with Crippen molar-refractivity contribution in [2.45, 2.75) is 10.2 Å². The number of aromatic nitrogens is 4. The van der Waals surface area contributed by atoms with Crippen molar-refractivity contribution in [2.24, 2.45) is 0 Å². The molecular formula is C11H13ClN6S. The summed E-state index contributed by atoms with van der Waals surface area (Å²) in [5, 5.41) is 4.70. The number of nitrogens with one attached hydrogen (secondary N) is 1. The Morgan fingerprint density at radius 2 is 2.05 bits per heavy atom. The monoisotopic (exact) mass is 296 g/mol. The fraction of sp³-hybridized carbons (Fsp3) is 0.273. The molecule has 0 amide bonds. The molecule has 0 bridgehead atoms. The first-order valence-corrected chi connectivity index (χ1v) is 6.69. The van der Waals surface area contributed by atoms with Crippen molar-refractivity contribution in [3.63, 3.8) is 0 Å². The van der Waals surface area contributed by atoms with Crippen molar-refractivity contribution in [3.8, 4) is 0 Å². The molecule has 0 saturated carbocycles. The van der Waals surface area contributed by atoms with E-state index < -0.39 is 0 Å². The van der Waals surface area contributed by atoms with Crippen LogP contribution in [-0.2, 0) is 0 Å². The van der Waals surface area contributed by atoms with Gasteiger partial charge in [0.1, 0.15) is 5.03 Å². The van der Waals surface area contributed by atoms with Crippen molar-refractivity contribution in [2.75, 3.05) is 31.4 Å². The summed E-state index contributed by atoms with van der Waals surface area (Å²) < 4.78 is 0. The molecule has 2 aromatic heterocycles. The van der Waals surface area contributed by atoms with Gasteiger partial charge in [0.25, 0.3) is 0 Å². The van der Waals surface area contributed by atoms with E-state index in [0.717, 1.165) is 0 Å². The van der Waals surface area contributed by atoms with E-state index in [0.29, 0.717) is 27.1 Å². The molecule has 2 aromatic rings. The third kappa shape index (κ3) is 3.45. The maximum atomic E-state index is 6.07. The predicted octanol–water partition coefficient (Wildman–Crippen LogP) is 2.18. The van der Waals surface area contributed by atoms with Crippen LogP contribution >= 0.6 is 23.4 Å². The Hall–Kier alpha value is -1.60. The zero-order valence-corrected chi connectivity index (χ0v) is 12.3. The van der Waals surface area contributed by atoms with E-state index in [1.54, 1.807) is 25.4 Å². The molecule has 2 rings (SSSR count). The van der Waals surface area contributed by atoms with Crippen molar-refractivity contribution in [1.29, 1.82) is 0 Å². The van der Waals surface area contributed by atoms with Crippen LogP contribution in [0.1, 0.15) is 0 Å². The summed E-state index contributed by atoms with van der Waals surface area (Å²) in [6.07, 6.45) is 1.68. The van der Waals surface area contributed by atoms with Gasteiger partial charge in [-0.3, -0.25) is 0 Å². The quantitative estimate of drug-likeness (QED) is 0.927. The second-order valence-corrected chi connectivity index (χ2v) is 5.14. The molecule has 0 aromatic carbocycles. The molecule has 0 radical (unpaired) electrons. The van der Waals surface area contributed by atoms with Crippen LogP contribution in [0.4, 0.5) is 11.9 Å². The highest BCUT2D eigenvalue weighted by Crippen LogP contribution is 2.29. The van der Waals surface area contributed by atoms with Crippen LogP contribution in [0.2, 0.25) is 5.02 Å². The number of hydrogen-bond acceptors (Lipinski definition) is 7. The zero-order chi connectivity index (χ0) is 13.8. The Morgan fingerprint density at radius 1 is 1.26 bits per heavy atom. The van der Waals surface area contributed by atoms with Crippen LogP contribution in [0, 0.1) is 0 Å². The molecule has 0 aliphatic rings. The number of anilines is 2. The average molecular weight is 297 g/mol. The summed E-state index contributed by atoms with van der Waals surface area (Å²) in [4.78, 5) is 18.9. The lowest BCUT2D eigenvalue weighted by atomic mass is 10.5. The molecule has 0 atom stereocenters. The molecule has 2 heterocycles. The van der Waals surface area contributed by atoms with Crippen molar-refractivity contribution in [1.82, 2.24) is 19.9 Å². The van der Waals surface area contributed by atoms with E-state index in [1.807, 2.05) is 19.0 Å². The molecule has 0 saturated heterocycles. The van der Waals surface area contributed by atoms with Crippen LogP contribution in [0.15, 0.2) is 28.5 Å². The topological polar surface area (TPSA) is 66.8 Å². The molecule has 8 heteroatoms. The van der Waals surface area contributed by atoms with E-state index in [4.69, 9.17) is 11.6 Å². The molecule has 100 valence electrons. The number of rotatable bonds is 4. The largest absolute Gasteiger partial charge is 0.357 e. The standard InChI is InChI=1S/C11H13ClN6S/c1-13-9-15-10(18(2)3)17-11(16-9)19-8-7(12)5-4-6-14-8/h4-6H,1-3H3,(H,13,15,16,17). The van der Waals surface area contributed by atoms with Gasteiger partial charge in [-0.05, 0) is 23.9 Å². The first-order valence-electron chi connectivity index (χ1n) is 5.49. The van der Waals surface area contributed by atoms with Gasteiger partial charge in [-0.25, -0.2) is 4.98 Å². The van der Waals surface area contributed by atoms with Gasteiger partial charge in [-0.2, -0.15) is 15.0 Å². The molecule has 0 unspecified atom stereocenters. The second kappa shape index (κ2) is 6.03. The first-order chi connectivity index (χ1) is 9.10. The Morgan fingerprint density at radius 3 is 2.68 bits per heavy atom. The highest BCUT2D eigenvalue weighted by Gasteiger charge is 2.11. The molecule has 0 aliphatic heterocycles. The van der Waals surface area contributed by atoms with Crippen LogP contribution in [0.3, 0.4) is 0 Å². The molecule has 0 spiro atoms. The lowest BCUT2D eigenvalue weighted by molar-refractivity contribution is 0.868. The van der Waals surface area contributed by atoms with Crippen LogP contribution in [0.25, 0.3) is 0 Å². The van der Waals surface area contributed by atoms with Gasteiger partial charge in [-0.1, -0.05) is 11.6 Å². The lowest BCUT2D eigenvalue weighted by Gasteiger charge is -2.12. The smallest absolute Gasteiger partial charge is 0.230 e. The van der Waals surface area contributed by atoms with Gasteiger partial charge in [0.15, 0.2) is 0 Å². The summed E-state index contributed by atoms with van der Waals surface area (Å²) >= 11 is 7.37. The summed E-state index contributed by atoms with van der Waals surface area (Å²) in [7, 11) is 5.50. The van der Waals surface area contributed by atoms with Crippen molar-refractivity contribution < 1.29 is 0 Å². The highest BCUT2D eigenvalue weighted by molar-refractivity contribution is 7.99. The number of hydrogen-bond donors (Lipinski definition) is 1. The van der Waals surface area contributed by atoms with Gasteiger partial charge in [-0.15, -0.1) is 0 Å². The minimum atomic E-state index is 0.508. The van der Waals surface area contributed by atoms with E-state index in [-0.39, 0.29) is 0 Å². The minimum absolute atomic E-state index is 0.508. The molecule has 0 aliphatic carbocycles. The summed E-state index contributed by atoms with van der Waals surface area (Å²) in [6, 6.07) is 3.56. The zero-order valence-electron chi connectivity index (χ0n) is 10.8. The fourth-order valence-corrected chi connectivity index (χ4v) is 2.18. The number of pyridine rings is 1. The third-order valence-corrected chi connectivity index (χ3v) is 3.44. The van der Waals surface area contributed by atoms with E-state index in [9.17, 15) is 0 Å². The predicted molar refractivity (Wildman–Crippen MR) is 77.1 cm³/mol. The van der Waals surface area contributed by atoms with Gasteiger partial charge in [0.05, 0.1) is 5.02 Å². The molecule has 1 N–H and O–H groups in total. The van der Waals surface area contributed by atoms with Crippen LogP contribution in [-0.4, -0.2) is 41.1 Å². The molecule has 0 fully saturated rings. The average Bonchev–Trinajstić information content (AvgIpc) is 2.41. The number of halogens is 1.